The molecule has 0 aromatic heterocycles. The normalized spacial score (nSPS) is 28.8. The van der Waals surface area contributed by atoms with Crippen molar-refractivity contribution in [3.05, 3.63) is 35.6 Å². The molecule has 0 spiro atoms. The van der Waals surface area contributed by atoms with Gasteiger partial charge in [0.25, 0.3) is 0 Å². The summed E-state index contributed by atoms with van der Waals surface area (Å²) in [5, 5.41) is 19.8. The van der Waals surface area contributed by atoms with Crippen molar-refractivity contribution in [2.24, 2.45) is 0 Å². The molecule has 0 unspecified atom stereocenters. The molecule has 132 valence electrons. The van der Waals surface area contributed by atoms with Crippen LogP contribution in [0.25, 0.3) is 0 Å². The summed E-state index contributed by atoms with van der Waals surface area (Å²) in [5.74, 6) is -0.365. The number of carbonyl (C=O) groups excluding carboxylic acids is 1. The fourth-order valence-electron chi connectivity index (χ4n) is 3.32. The predicted molar refractivity (Wildman–Crippen MR) is 84.9 cm³/mol. The molecule has 0 bridgehead atoms. The highest BCUT2D eigenvalue weighted by molar-refractivity contribution is 5.78. The van der Waals surface area contributed by atoms with Crippen molar-refractivity contribution >= 4 is 5.91 Å². The third-order valence-corrected chi connectivity index (χ3v) is 4.75. The van der Waals surface area contributed by atoms with E-state index in [9.17, 15) is 19.4 Å². The molecule has 1 aromatic rings. The number of hydrogen-bond donors (Lipinski definition) is 2. The quantitative estimate of drug-likeness (QED) is 0.787. The van der Waals surface area contributed by atoms with E-state index in [1.54, 1.807) is 17.0 Å². The van der Waals surface area contributed by atoms with Crippen LogP contribution in [0.5, 0.6) is 0 Å². The van der Waals surface area contributed by atoms with Crippen LogP contribution in [0.3, 0.4) is 0 Å². The zero-order chi connectivity index (χ0) is 17.1. The number of ether oxygens (including phenoxy) is 1. The second-order valence-corrected chi connectivity index (χ2v) is 6.39. The van der Waals surface area contributed by atoms with Crippen molar-refractivity contribution < 1.29 is 24.1 Å². The molecule has 3 rings (SSSR count). The molecule has 0 radical (unpaired) electrons. The molecule has 2 aliphatic heterocycles. The lowest BCUT2D eigenvalue weighted by Gasteiger charge is -2.43. The highest BCUT2D eigenvalue weighted by Crippen LogP contribution is 2.17. The van der Waals surface area contributed by atoms with E-state index < -0.39 is 12.2 Å². The van der Waals surface area contributed by atoms with Gasteiger partial charge in [0, 0.05) is 26.2 Å². The summed E-state index contributed by atoms with van der Waals surface area (Å²) in [6, 6.07) is 5.85. The van der Waals surface area contributed by atoms with Crippen LogP contribution >= 0.6 is 0 Å². The van der Waals surface area contributed by atoms with Crippen LogP contribution in [-0.2, 0) is 16.0 Å². The number of benzene rings is 1. The van der Waals surface area contributed by atoms with Gasteiger partial charge in [0.05, 0.1) is 31.8 Å². The number of carbonyl (C=O) groups is 1. The van der Waals surface area contributed by atoms with E-state index in [1.165, 1.54) is 12.1 Å². The lowest BCUT2D eigenvalue weighted by molar-refractivity contribution is -0.144. The van der Waals surface area contributed by atoms with Crippen LogP contribution in [0.4, 0.5) is 4.39 Å². The monoisotopic (exact) mass is 338 g/mol. The van der Waals surface area contributed by atoms with Crippen molar-refractivity contribution in [2.75, 3.05) is 39.4 Å². The fraction of sp³-hybridized carbons (Fsp3) is 0.588. The topological polar surface area (TPSA) is 73.2 Å². The number of nitrogens with zero attached hydrogens (tertiary/aromatic N) is 2. The molecule has 1 amide bonds. The Bertz CT molecular complexity index is 577. The SMILES string of the molecule is O=C(Cc1cccc(F)c1)N1CCN([C@@H]2COC[C@@H](O)[C@H]2O)CC1. The first-order chi connectivity index (χ1) is 11.5. The Hall–Kier alpha value is -1.54. The number of amides is 1. The minimum Gasteiger partial charge on any atom is -0.389 e. The number of piperazine rings is 1. The lowest BCUT2D eigenvalue weighted by Crippen LogP contribution is -2.60. The predicted octanol–water partition coefficient (Wildman–Crippen LogP) is -0.367. The molecule has 2 aliphatic rings. The first-order valence-corrected chi connectivity index (χ1v) is 8.25. The lowest BCUT2D eigenvalue weighted by atomic mass is 10.0. The van der Waals surface area contributed by atoms with Gasteiger partial charge in [0.15, 0.2) is 0 Å². The molecule has 2 fully saturated rings. The smallest absolute Gasteiger partial charge is 0.227 e. The molecule has 3 atom stereocenters. The van der Waals surface area contributed by atoms with Gasteiger partial charge in [-0.1, -0.05) is 12.1 Å². The van der Waals surface area contributed by atoms with Gasteiger partial charge in [-0.15, -0.1) is 0 Å². The first-order valence-electron chi connectivity index (χ1n) is 8.25. The van der Waals surface area contributed by atoms with E-state index in [0.717, 1.165) is 0 Å². The highest BCUT2D eigenvalue weighted by atomic mass is 19.1. The molecular formula is C17H23FN2O4. The van der Waals surface area contributed by atoms with E-state index >= 15 is 0 Å². The van der Waals surface area contributed by atoms with E-state index in [4.69, 9.17) is 4.74 Å². The largest absolute Gasteiger partial charge is 0.389 e. The maximum absolute atomic E-state index is 13.2. The van der Waals surface area contributed by atoms with Gasteiger partial charge in [-0.25, -0.2) is 4.39 Å². The third-order valence-electron chi connectivity index (χ3n) is 4.75. The van der Waals surface area contributed by atoms with Crippen molar-refractivity contribution in [3.8, 4) is 0 Å². The zero-order valence-corrected chi connectivity index (χ0v) is 13.5. The van der Waals surface area contributed by atoms with Gasteiger partial charge in [-0.2, -0.15) is 0 Å². The number of aliphatic hydroxyl groups excluding tert-OH is 2. The minimum absolute atomic E-state index is 0.0271. The summed E-state index contributed by atoms with van der Waals surface area (Å²) in [4.78, 5) is 16.2. The highest BCUT2D eigenvalue weighted by Gasteiger charge is 2.36. The summed E-state index contributed by atoms with van der Waals surface area (Å²) in [6.45, 7) is 2.87. The van der Waals surface area contributed by atoms with Crippen LogP contribution in [0.2, 0.25) is 0 Å². The summed E-state index contributed by atoms with van der Waals surface area (Å²) < 4.78 is 18.5. The van der Waals surface area contributed by atoms with E-state index in [1.807, 2.05) is 0 Å². The van der Waals surface area contributed by atoms with Gasteiger partial charge < -0.3 is 19.8 Å². The molecule has 1 aromatic carbocycles. The molecular weight excluding hydrogens is 315 g/mol. The molecule has 0 aliphatic carbocycles. The average Bonchev–Trinajstić information content (AvgIpc) is 2.57. The van der Waals surface area contributed by atoms with E-state index in [0.29, 0.717) is 38.3 Å². The Labute approximate surface area is 140 Å². The average molecular weight is 338 g/mol. The summed E-state index contributed by atoms with van der Waals surface area (Å²) >= 11 is 0. The first kappa shape index (κ1) is 17.3. The third kappa shape index (κ3) is 3.92. The van der Waals surface area contributed by atoms with Gasteiger partial charge in [-0.3, -0.25) is 9.69 Å². The number of hydrogen-bond acceptors (Lipinski definition) is 5. The second-order valence-electron chi connectivity index (χ2n) is 6.39. The molecule has 24 heavy (non-hydrogen) atoms. The summed E-state index contributed by atoms with van der Waals surface area (Å²) in [5.41, 5.74) is 0.668. The molecule has 2 saturated heterocycles. The Balaban J connectivity index is 1.52. The van der Waals surface area contributed by atoms with Crippen LogP contribution in [0, 0.1) is 5.82 Å². The van der Waals surface area contributed by atoms with Crippen molar-refractivity contribution in [2.45, 2.75) is 24.7 Å². The standard InChI is InChI=1S/C17H23FN2O4/c18-13-3-1-2-12(8-13)9-16(22)20-6-4-19(5-7-20)14-10-24-11-15(21)17(14)23/h1-3,8,14-15,17,21,23H,4-7,9-11H2/t14-,15-,17+/m1/s1. The van der Waals surface area contributed by atoms with Crippen LogP contribution in [0.15, 0.2) is 24.3 Å². The summed E-state index contributed by atoms with van der Waals surface area (Å²) in [7, 11) is 0. The fourth-order valence-corrected chi connectivity index (χ4v) is 3.32. The zero-order valence-electron chi connectivity index (χ0n) is 13.5. The number of rotatable bonds is 3. The van der Waals surface area contributed by atoms with E-state index in [2.05, 4.69) is 4.90 Å². The Morgan fingerprint density at radius 1 is 1.21 bits per heavy atom. The van der Waals surface area contributed by atoms with Gasteiger partial charge in [-0.05, 0) is 17.7 Å². The van der Waals surface area contributed by atoms with Crippen molar-refractivity contribution in [1.82, 2.24) is 9.80 Å². The van der Waals surface area contributed by atoms with E-state index in [-0.39, 0.29) is 30.8 Å². The van der Waals surface area contributed by atoms with Gasteiger partial charge in [0.1, 0.15) is 11.9 Å². The maximum Gasteiger partial charge on any atom is 0.227 e. The maximum atomic E-state index is 13.2. The Kier molecular flexibility index (Phi) is 5.45. The Morgan fingerprint density at radius 3 is 2.67 bits per heavy atom. The molecule has 0 saturated carbocycles. The van der Waals surface area contributed by atoms with Crippen LogP contribution < -0.4 is 0 Å². The van der Waals surface area contributed by atoms with Crippen LogP contribution in [-0.4, -0.2) is 83.6 Å². The Morgan fingerprint density at radius 2 is 1.96 bits per heavy atom. The molecule has 2 N–H and O–H groups in total. The van der Waals surface area contributed by atoms with Gasteiger partial charge >= 0.3 is 0 Å². The molecule has 6 nitrogen and oxygen atoms in total. The van der Waals surface area contributed by atoms with Crippen LogP contribution in [0.1, 0.15) is 5.56 Å². The second kappa shape index (κ2) is 7.57. The van der Waals surface area contributed by atoms with Gasteiger partial charge in [0.2, 0.25) is 5.91 Å². The number of halogens is 1. The molecule has 2 heterocycles. The minimum atomic E-state index is -0.864. The van der Waals surface area contributed by atoms with Crippen molar-refractivity contribution in [3.63, 3.8) is 0 Å². The number of aliphatic hydroxyl groups is 2. The molecule has 7 heteroatoms. The van der Waals surface area contributed by atoms with Crippen molar-refractivity contribution in [1.29, 1.82) is 0 Å². The summed E-state index contributed by atoms with van der Waals surface area (Å²) in [6.07, 6.45) is -1.50.